The van der Waals surface area contributed by atoms with Gasteiger partial charge in [-0.2, -0.15) is 0 Å². The van der Waals surface area contributed by atoms with Crippen molar-refractivity contribution in [2.75, 3.05) is 38.5 Å². The second-order valence-electron chi connectivity index (χ2n) is 7.57. The van der Waals surface area contributed by atoms with Crippen LogP contribution in [0.5, 0.6) is 5.75 Å². The normalized spacial score (nSPS) is 11.2. The fourth-order valence-corrected chi connectivity index (χ4v) is 3.22. The van der Waals surface area contributed by atoms with Crippen molar-refractivity contribution < 1.29 is 14.9 Å². The van der Waals surface area contributed by atoms with Crippen molar-refractivity contribution in [1.82, 2.24) is 4.90 Å². The van der Waals surface area contributed by atoms with E-state index in [4.69, 9.17) is 4.74 Å². The van der Waals surface area contributed by atoms with E-state index in [1.807, 2.05) is 12.1 Å². The van der Waals surface area contributed by atoms with E-state index in [0.717, 1.165) is 31.8 Å². The van der Waals surface area contributed by atoms with Gasteiger partial charge in [-0.05, 0) is 43.5 Å². The van der Waals surface area contributed by atoms with Crippen molar-refractivity contribution in [3.05, 3.63) is 24.3 Å². The number of nitrogens with one attached hydrogen (secondary N) is 1. The Bertz CT molecular complexity index is 454. The highest BCUT2D eigenvalue weighted by molar-refractivity contribution is 5.45. The monoisotopic (exact) mass is 394 g/mol. The molecule has 28 heavy (non-hydrogen) atoms. The lowest BCUT2D eigenvalue weighted by molar-refractivity contribution is 0.103. The van der Waals surface area contributed by atoms with Crippen LogP contribution in [0, 0.1) is 0 Å². The Hall–Kier alpha value is -1.30. The number of benzene rings is 1. The van der Waals surface area contributed by atoms with E-state index in [1.54, 1.807) is 12.1 Å². The summed E-state index contributed by atoms with van der Waals surface area (Å²) < 4.78 is 5.60. The van der Waals surface area contributed by atoms with E-state index in [-0.39, 0.29) is 12.5 Å². The van der Waals surface area contributed by atoms with Crippen LogP contribution in [0.15, 0.2) is 24.3 Å². The van der Waals surface area contributed by atoms with Gasteiger partial charge in [-0.15, -0.1) is 0 Å². The quantitative estimate of drug-likeness (QED) is 0.168. The number of nitrogens with zero attached hydrogens (tertiary/aromatic N) is 1. The molecule has 1 aromatic rings. The van der Waals surface area contributed by atoms with Gasteiger partial charge in [-0.3, -0.25) is 4.90 Å². The van der Waals surface area contributed by atoms with Crippen molar-refractivity contribution in [3.8, 4) is 5.75 Å². The Morgan fingerprint density at radius 2 is 1.39 bits per heavy atom. The van der Waals surface area contributed by atoms with Gasteiger partial charge in [0.1, 0.15) is 12.5 Å². The Labute approximate surface area is 172 Å². The molecule has 0 saturated carbocycles. The molecule has 1 rings (SSSR count). The summed E-state index contributed by atoms with van der Waals surface area (Å²) in [5.74, 6) is 0.279. The first-order chi connectivity index (χ1) is 13.8. The smallest absolute Gasteiger partial charge is 0.116 e. The second-order valence-corrected chi connectivity index (χ2v) is 7.57. The Morgan fingerprint density at radius 3 is 2.00 bits per heavy atom. The molecule has 0 unspecified atom stereocenters. The first-order valence-corrected chi connectivity index (χ1v) is 11.2. The number of phenolic OH excluding ortho intramolecular Hbond substituents is 1. The van der Waals surface area contributed by atoms with Gasteiger partial charge in [0.05, 0.1) is 6.73 Å². The summed E-state index contributed by atoms with van der Waals surface area (Å²) in [6.45, 7) is 5.80. The number of anilines is 1. The molecule has 0 aromatic heterocycles. The van der Waals surface area contributed by atoms with Crippen molar-refractivity contribution in [2.24, 2.45) is 0 Å². The van der Waals surface area contributed by atoms with E-state index in [0.29, 0.717) is 6.73 Å². The predicted molar refractivity (Wildman–Crippen MR) is 118 cm³/mol. The summed E-state index contributed by atoms with van der Waals surface area (Å²) in [6.07, 6.45) is 13.7. The average molecular weight is 395 g/mol. The fourth-order valence-electron chi connectivity index (χ4n) is 3.22. The van der Waals surface area contributed by atoms with E-state index in [2.05, 4.69) is 17.1 Å². The zero-order chi connectivity index (χ0) is 20.3. The third-order valence-corrected chi connectivity index (χ3v) is 5.04. The van der Waals surface area contributed by atoms with Crippen LogP contribution in [0.1, 0.15) is 77.6 Å². The molecule has 0 saturated heterocycles. The maximum Gasteiger partial charge on any atom is 0.116 e. The number of unbranched alkanes of at least 4 members (excludes halogenated alkanes) is 9. The molecular weight excluding hydrogens is 352 g/mol. The van der Waals surface area contributed by atoms with Crippen LogP contribution in [0.4, 0.5) is 5.69 Å². The minimum absolute atomic E-state index is 0.205. The van der Waals surface area contributed by atoms with Gasteiger partial charge in [-0.1, -0.05) is 58.3 Å². The molecule has 5 nitrogen and oxygen atoms in total. The molecule has 5 heteroatoms. The molecule has 0 aliphatic rings. The lowest BCUT2D eigenvalue weighted by Gasteiger charge is -2.19. The summed E-state index contributed by atoms with van der Waals surface area (Å²) >= 11 is 0. The summed E-state index contributed by atoms with van der Waals surface area (Å²) in [5, 5.41) is 21.8. The fraction of sp³-hybridized carbons (Fsp3) is 0.739. The highest BCUT2D eigenvalue weighted by Crippen LogP contribution is 2.13. The van der Waals surface area contributed by atoms with Crippen LogP contribution in [-0.2, 0) is 4.74 Å². The second kappa shape index (κ2) is 17.8. The SMILES string of the molecule is CCCCCN(CO)CCCCCCCCCCOCNc1ccc(O)cc1. The molecule has 0 amide bonds. The van der Waals surface area contributed by atoms with E-state index >= 15 is 0 Å². The number of hydrogen-bond donors (Lipinski definition) is 3. The predicted octanol–water partition coefficient (Wildman–Crippen LogP) is 5.34. The van der Waals surface area contributed by atoms with Gasteiger partial charge in [0.25, 0.3) is 0 Å². The molecule has 0 fully saturated rings. The van der Waals surface area contributed by atoms with Crippen LogP contribution in [0.3, 0.4) is 0 Å². The van der Waals surface area contributed by atoms with E-state index < -0.39 is 0 Å². The summed E-state index contributed by atoms with van der Waals surface area (Å²) in [7, 11) is 0. The number of phenols is 1. The minimum atomic E-state index is 0.205. The topological polar surface area (TPSA) is 65.0 Å². The lowest BCUT2D eigenvalue weighted by Crippen LogP contribution is -2.27. The summed E-state index contributed by atoms with van der Waals surface area (Å²) in [6, 6.07) is 7.01. The molecule has 0 bridgehead atoms. The van der Waals surface area contributed by atoms with Crippen LogP contribution in [0.25, 0.3) is 0 Å². The van der Waals surface area contributed by atoms with Crippen LogP contribution < -0.4 is 5.32 Å². The molecule has 162 valence electrons. The minimum Gasteiger partial charge on any atom is -0.508 e. The van der Waals surface area contributed by atoms with Crippen LogP contribution >= 0.6 is 0 Å². The van der Waals surface area contributed by atoms with Gasteiger partial charge in [-0.25, -0.2) is 0 Å². The maximum absolute atomic E-state index is 9.37. The third-order valence-electron chi connectivity index (χ3n) is 5.04. The third kappa shape index (κ3) is 13.8. The lowest BCUT2D eigenvalue weighted by atomic mass is 10.1. The standard InChI is InChI=1S/C23H42N2O3/c1-2-3-10-17-25(21-26)18-11-8-6-4-5-7-9-12-19-28-20-24-22-13-15-23(27)16-14-22/h13-16,24,26-27H,2-12,17-21H2,1H3. The Kier molecular flexibility index (Phi) is 15.7. The molecular formula is C23H42N2O3. The number of ether oxygens (including phenoxy) is 1. The molecule has 3 N–H and O–H groups in total. The zero-order valence-corrected chi connectivity index (χ0v) is 17.9. The van der Waals surface area contributed by atoms with Gasteiger partial charge >= 0.3 is 0 Å². The van der Waals surface area contributed by atoms with Gasteiger partial charge in [0, 0.05) is 25.4 Å². The first-order valence-electron chi connectivity index (χ1n) is 11.2. The largest absolute Gasteiger partial charge is 0.508 e. The molecule has 0 heterocycles. The molecule has 0 radical (unpaired) electrons. The number of aliphatic hydroxyl groups excluding tert-OH is 1. The zero-order valence-electron chi connectivity index (χ0n) is 17.9. The number of hydrogen-bond acceptors (Lipinski definition) is 5. The van der Waals surface area contributed by atoms with Gasteiger partial charge in [0.2, 0.25) is 0 Å². The number of aromatic hydroxyl groups is 1. The average Bonchev–Trinajstić information content (AvgIpc) is 2.71. The first kappa shape index (κ1) is 24.7. The van der Waals surface area contributed by atoms with Crippen molar-refractivity contribution in [1.29, 1.82) is 0 Å². The molecule has 0 aliphatic heterocycles. The van der Waals surface area contributed by atoms with Crippen molar-refractivity contribution in [2.45, 2.75) is 77.6 Å². The highest BCUT2D eigenvalue weighted by atomic mass is 16.5. The Morgan fingerprint density at radius 1 is 0.821 bits per heavy atom. The highest BCUT2D eigenvalue weighted by Gasteiger charge is 2.02. The molecule has 0 atom stereocenters. The number of rotatable bonds is 19. The van der Waals surface area contributed by atoms with Gasteiger partial charge in [0.15, 0.2) is 0 Å². The van der Waals surface area contributed by atoms with Crippen LogP contribution in [-0.4, -0.2) is 48.3 Å². The van der Waals surface area contributed by atoms with Gasteiger partial charge < -0.3 is 20.3 Å². The van der Waals surface area contributed by atoms with Crippen molar-refractivity contribution in [3.63, 3.8) is 0 Å². The number of aliphatic hydroxyl groups is 1. The van der Waals surface area contributed by atoms with E-state index in [1.165, 1.54) is 64.2 Å². The maximum atomic E-state index is 9.37. The Balaban J connectivity index is 1.80. The van der Waals surface area contributed by atoms with Crippen LogP contribution in [0.2, 0.25) is 0 Å². The molecule has 0 aliphatic carbocycles. The van der Waals surface area contributed by atoms with E-state index in [9.17, 15) is 10.2 Å². The molecule has 0 spiro atoms. The van der Waals surface area contributed by atoms with Crippen molar-refractivity contribution >= 4 is 5.69 Å². The summed E-state index contributed by atoms with van der Waals surface area (Å²) in [4.78, 5) is 2.17. The molecule has 1 aromatic carbocycles. The summed E-state index contributed by atoms with van der Waals surface area (Å²) in [5.41, 5.74) is 0.959.